The molecule has 0 saturated heterocycles. The lowest BCUT2D eigenvalue weighted by molar-refractivity contribution is -0.122. The van der Waals surface area contributed by atoms with E-state index in [-0.39, 0.29) is 18.0 Å². The monoisotopic (exact) mass is 338 g/mol. The first-order valence-electron chi connectivity index (χ1n) is 7.92. The lowest BCUT2D eigenvalue weighted by atomic mass is 10.2. The highest BCUT2D eigenvalue weighted by atomic mass is 16.5. The van der Waals surface area contributed by atoms with E-state index in [0.717, 1.165) is 16.0 Å². The van der Waals surface area contributed by atoms with Gasteiger partial charge in [-0.15, -0.1) is 5.10 Å². The molecule has 25 heavy (non-hydrogen) atoms. The van der Waals surface area contributed by atoms with Crippen LogP contribution in [0.3, 0.4) is 0 Å². The Hall–Kier alpha value is -3.22. The molecule has 2 aromatic carbocycles. The lowest BCUT2D eigenvalue weighted by Gasteiger charge is -2.08. The number of fused-ring (bicyclic) bond motifs is 1. The minimum atomic E-state index is -0.336. The molecule has 1 amide bonds. The van der Waals surface area contributed by atoms with Crippen LogP contribution < -0.4 is 15.6 Å². The van der Waals surface area contributed by atoms with Crippen LogP contribution in [0.15, 0.2) is 53.3 Å². The summed E-state index contributed by atoms with van der Waals surface area (Å²) in [6.45, 7) is 2.50. The van der Waals surface area contributed by atoms with Crippen LogP contribution in [0.1, 0.15) is 5.56 Å². The van der Waals surface area contributed by atoms with E-state index < -0.39 is 0 Å². The first-order chi connectivity index (χ1) is 12.1. The van der Waals surface area contributed by atoms with Crippen molar-refractivity contribution in [3.05, 3.63) is 64.4 Å². The SMILES string of the molecule is Cc1ccc(OCCNC(=O)Cn2nnc3ccccc3c2=O)cc1. The van der Waals surface area contributed by atoms with Crippen molar-refractivity contribution in [1.29, 1.82) is 0 Å². The Bertz CT molecular complexity index is 935. The van der Waals surface area contributed by atoms with Crippen molar-refractivity contribution < 1.29 is 9.53 Å². The summed E-state index contributed by atoms with van der Waals surface area (Å²) < 4.78 is 6.59. The van der Waals surface area contributed by atoms with E-state index in [0.29, 0.717) is 24.1 Å². The molecule has 0 aliphatic carbocycles. The van der Waals surface area contributed by atoms with Crippen molar-refractivity contribution in [3.63, 3.8) is 0 Å². The van der Waals surface area contributed by atoms with Crippen LogP contribution in [0, 0.1) is 6.92 Å². The second-order valence-electron chi connectivity index (χ2n) is 5.58. The molecule has 0 spiro atoms. The van der Waals surface area contributed by atoms with Gasteiger partial charge >= 0.3 is 0 Å². The number of carbonyl (C=O) groups excluding carboxylic acids is 1. The first-order valence-corrected chi connectivity index (χ1v) is 7.92. The summed E-state index contributed by atoms with van der Waals surface area (Å²) in [5.41, 5.74) is 1.33. The van der Waals surface area contributed by atoms with Crippen LogP contribution in [0.25, 0.3) is 10.9 Å². The van der Waals surface area contributed by atoms with Crippen molar-refractivity contribution in [1.82, 2.24) is 20.3 Å². The predicted octanol–water partition coefficient (Wildman–Crippen LogP) is 1.30. The van der Waals surface area contributed by atoms with Gasteiger partial charge in [0, 0.05) is 0 Å². The average molecular weight is 338 g/mol. The molecule has 0 unspecified atom stereocenters. The molecule has 0 fully saturated rings. The topological polar surface area (TPSA) is 86.1 Å². The molecular weight excluding hydrogens is 320 g/mol. The van der Waals surface area contributed by atoms with E-state index >= 15 is 0 Å². The summed E-state index contributed by atoms with van der Waals surface area (Å²) in [7, 11) is 0. The van der Waals surface area contributed by atoms with Crippen molar-refractivity contribution in [2.24, 2.45) is 0 Å². The van der Waals surface area contributed by atoms with Crippen LogP contribution in [-0.4, -0.2) is 34.1 Å². The van der Waals surface area contributed by atoms with Gasteiger partial charge in [-0.1, -0.05) is 35.0 Å². The van der Waals surface area contributed by atoms with Crippen LogP contribution in [0.4, 0.5) is 0 Å². The molecule has 3 rings (SSSR count). The predicted molar refractivity (Wildman–Crippen MR) is 93.5 cm³/mol. The zero-order valence-corrected chi connectivity index (χ0v) is 13.8. The molecule has 0 atom stereocenters. The standard InChI is InChI=1S/C18H18N4O3/c1-13-6-8-14(9-7-13)25-11-10-19-17(23)12-22-18(24)15-4-2-3-5-16(15)20-21-22/h2-9H,10-12H2,1H3,(H,19,23). The second-order valence-corrected chi connectivity index (χ2v) is 5.58. The van der Waals surface area contributed by atoms with Crippen molar-refractivity contribution in [3.8, 4) is 5.75 Å². The highest BCUT2D eigenvalue weighted by Gasteiger charge is 2.09. The van der Waals surface area contributed by atoms with Gasteiger partial charge in [0.1, 0.15) is 24.4 Å². The number of rotatable bonds is 6. The first kappa shape index (κ1) is 16.6. The van der Waals surface area contributed by atoms with Gasteiger partial charge in [-0.3, -0.25) is 9.59 Å². The Morgan fingerprint density at radius 2 is 1.92 bits per heavy atom. The largest absolute Gasteiger partial charge is 0.492 e. The summed E-state index contributed by atoms with van der Waals surface area (Å²) in [6, 6.07) is 14.6. The van der Waals surface area contributed by atoms with Gasteiger partial charge < -0.3 is 10.1 Å². The van der Waals surface area contributed by atoms with E-state index in [2.05, 4.69) is 15.6 Å². The van der Waals surface area contributed by atoms with Crippen molar-refractivity contribution >= 4 is 16.8 Å². The number of ether oxygens (including phenoxy) is 1. The minimum Gasteiger partial charge on any atom is -0.492 e. The third-order valence-electron chi connectivity index (χ3n) is 3.64. The normalized spacial score (nSPS) is 10.6. The summed E-state index contributed by atoms with van der Waals surface area (Å²) in [5, 5.41) is 10.9. The van der Waals surface area contributed by atoms with Crippen LogP contribution in [0.2, 0.25) is 0 Å². The molecule has 0 aliphatic heterocycles. The van der Waals surface area contributed by atoms with Crippen LogP contribution in [0.5, 0.6) is 5.75 Å². The summed E-state index contributed by atoms with van der Waals surface area (Å²) in [5.74, 6) is 0.427. The van der Waals surface area contributed by atoms with Gasteiger partial charge in [-0.05, 0) is 31.2 Å². The maximum Gasteiger partial charge on any atom is 0.278 e. The van der Waals surface area contributed by atoms with Gasteiger partial charge in [-0.25, -0.2) is 4.68 Å². The summed E-state index contributed by atoms with van der Waals surface area (Å²) >= 11 is 0. The second kappa shape index (κ2) is 7.57. The summed E-state index contributed by atoms with van der Waals surface area (Å²) in [4.78, 5) is 24.2. The van der Waals surface area contributed by atoms with Crippen LogP contribution in [-0.2, 0) is 11.3 Å². The zero-order valence-electron chi connectivity index (χ0n) is 13.8. The highest BCUT2D eigenvalue weighted by Crippen LogP contribution is 2.10. The Morgan fingerprint density at radius 1 is 1.16 bits per heavy atom. The Morgan fingerprint density at radius 3 is 2.72 bits per heavy atom. The minimum absolute atomic E-state index is 0.179. The number of nitrogens with one attached hydrogen (secondary N) is 1. The van der Waals surface area contributed by atoms with E-state index in [9.17, 15) is 9.59 Å². The fourth-order valence-electron chi connectivity index (χ4n) is 2.31. The number of nitrogens with zero attached hydrogens (tertiary/aromatic N) is 3. The van der Waals surface area contributed by atoms with Gasteiger partial charge in [0.25, 0.3) is 5.56 Å². The molecule has 0 radical (unpaired) electrons. The van der Waals surface area contributed by atoms with E-state index in [1.165, 1.54) is 0 Å². The average Bonchev–Trinajstić information content (AvgIpc) is 2.63. The number of aromatic nitrogens is 3. The van der Waals surface area contributed by atoms with Crippen LogP contribution >= 0.6 is 0 Å². The molecule has 0 bridgehead atoms. The Kier molecular flexibility index (Phi) is 5.03. The van der Waals surface area contributed by atoms with Crippen molar-refractivity contribution in [2.75, 3.05) is 13.2 Å². The lowest BCUT2D eigenvalue weighted by Crippen LogP contribution is -2.36. The molecule has 0 aliphatic rings. The number of benzene rings is 2. The third kappa shape index (κ3) is 4.20. The van der Waals surface area contributed by atoms with Crippen molar-refractivity contribution in [2.45, 2.75) is 13.5 Å². The summed E-state index contributed by atoms with van der Waals surface area (Å²) in [6.07, 6.45) is 0. The number of hydrogen-bond acceptors (Lipinski definition) is 5. The van der Waals surface area contributed by atoms with Gasteiger partial charge in [-0.2, -0.15) is 0 Å². The molecule has 7 nitrogen and oxygen atoms in total. The third-order valence-corrected chi connectivity index (χ3v) is 3.64. The van der Waals surface area contributed by atoms with Gasteiger partial charge in [0.05, 0.1) is 11.9 Å². The Labute approximate surface area is 144 Å². The molecule has 7 heteroatoms. The molecule has 0 saturated carbocycles. The molecule has 1 N–H and O–H groups in total. The molecule has 3 aromatic rings. The zero-order chi connectivity index (χ0) is 17.6. The maximum absolute atomic E-state index is 12.3. The Balaban J connectivity index is 1.52. The molecule has 128 valence electrons. The number of hydrogen-bond donors (Lipinski definition) is 1. The van der Waals surface area contributed by atoms with Gasteiger partial charge in [0.2, 0.25) is 5.91 Å². The maximum atomic E-state index is 12.3. The molecule has 1 heterocycles. The fraction of sp³-hybridized carbons (Fsp3) is 0.222. The highest BCUT2D eigenvalue weighted by molar-refractivity contribution is 5.78. The quantitative estimate of drug-likeness (QED) is 0.685. The number of aryl methyl sites for hydroxylation is 1. The van der Waals surface area contributed by atoms with E-state index in [1.54, 1.807) is 24.3 Å². The molecular formula is C18H18N4O3. The molecule has 1 aromatic heterocycles. The van der Waals surface area contributed by atoms with E-state index in [1.807, 2.05) is 31.2 Å². The van der Waals surface area contributed by atoms with E-state index in [4.69, 9.17) is 4.74 Å². The number of carbonyl (C=O) groups is 1. The fourth-order valence-corrected chi connectivity index (χ4v) is 2.31. The van der Waals surface area contributed by atoms with Gasteiger partial charge in [0.15, 0.2) is 0 Å². The smallest absolute Gasteiger partial charge is 0.278 e. The number of amides is 1.